The number of aromatic nitrogens is 5. The van der Waals surface area contributed by atoms with Gasteiger partial charge in [0.25, 0.3) is 5.56 Å². The molecule has 0 aliphatic heterocycles. The summed E-state index contributed by atoms with van der Waals surface area (Å²) in [5, 5.41) is 0.978. The molecule has 8 nitrogen and oxygen atoms in total. The van der Waals surface area contributed by atoms with Crippen LogP contribution in [-0.4, -0.2) is 36.7 Å². The lowest BCUT2D eigenvalue weighted by atomic mass is 10.2. The molecule has 182 valence electrons. The molecule has 3 aromatic heterocycles. The number of benzene rings is 3. The van der Waals surface area contributed by atoms with E-state index in [0.717, 1.165) is 5.56 Å². The number of hydrogen-bond acceptors (Lipinski definition) is 6. The maximum absolute atomic E-state index is 13.8. The van der Waals surface area contributed by atoms with Crippen molar-refractivity contribution in [1.82, 2.24) is 24.1 Å². The lowest BCUT2D eigenvalue weighted by molar-refractivity contribution is 0.0526. The van der Waals surface area contributed by atoms with Crippen LogP contribution >= 0.6 is 11.6 Å². The van der Waals surface area contributed by atoms with Gasteiger partial charge in [0.2, 0.25) is 0 Å². The van der Waals surface area contributed by atoms with E-state index in [1.807, 2.05) is 42.5 Å². The highest BCUT2D eigenvalue weighted by Crippen LogP contribution is 2.28. The normalized spacial score (nSPS) is 11.4. The molecule has 37 heavy (non-hydrogen) atoms. The van der Waals surface area contributed by atoms with E-state index >= 15 is 0 Å². The summed E-state index contributed by atoms with van der Waals surface area (Å²) in [6.07, 6.45) is 1.52. The molecular formula is C28H20ClN5O3. The molecule has 0 bridgehead atoms. The van der Waals surface area contributed by atoms with Gasteiger partial charge in [-0.3, -0.25) is 13.9 Å². The molecule has 9 heteroatoms. The van der Waals surface area contributed by atoms with Gasteiger partial charge >= 0.3 is 5.97 Å². The fourth-order valence-electron chi connectivity index (χ4n) is 4.40. The van der Waals surface area contributed by atoms with Crippen LogP contribution in [0.15, 0.2) is 83.9 Å². The van der Waals surface area contributed by atoms with Crippen molar-refractivity contribution in [3.8, 4) is 5.69 Å². The van der Waals surface area contributed by atoms with Crippen LogP contribution in [0.5, 0.6) is 0 Å². The van der Waals surface area contributed by atoms with Gasteiger partial charge < -0.3 is 4.74 Å². The summed E-state index contributed by atoms with van der Waals surface area (Å²) < 4.78 is 8.49. The van der Waals surface area contributed by atoms with E-state index < -0.39 is 5.97 Å². The van der Waals surface area contributed by atoms with E-state index in [9.17, 15) is 9.59 Å². The third-order valence-electron chi connectivity index (χ3n) is 6.11. The number of para-hydroxylation sites is 2. The van der Waals surface area contributed by atoms with Crippen LogP contribution in [0, 0.1) is 0 Å². The van der Waals surface area contributed by atoms with Crippen molar-refractivity contribution in [1.29, 1.82) is 0 Å². The maximum atomic E-state index is 13.8. The van der Waals surface area contributed by atoms with Crippen molar-refractivity contribution in [2.45, 2.75) is 13.5 Å². The van der Waals surface area contributed by atoms with E-state index in [0.29, 0.717) is 56.0 Å². The van der Waals surface area contributed by atoms with Gasteiger partial charge in [0, 0.05) is 5.02 Å². The fourth-order valence-corrected chi connectivity index (χ4v) is 4.53. The van der Waals surface area contributed by atoms with E-state index in [-0.39, 0.29) is 12.2 Å². The van der Waals surface area contributed by atoms with Crippen LogP contribution in [0.2, 0.25) is 5.02 Å². The largest absolute Gasteiger partial charge is 0.462 e. The summed E-state index contributed by atoms with van der Waals surface area (Å²) in [7, 11) is 0. The second-order valence-corrected chi connectivity index (χ2v) is 8.93. The molecule has 0 fully saturated rings. The summed E-state index contributed by atoms with van der Waals surface area (Å²) in [4.78, 5) is 40.6. The number of carbonyl (C=O) groups excluding carboxylic acids is 1. The standard InChI is InChI=1S/C28H20ClN5O3/c1-2-37-28(36)18-6-5-7-20(14-18)34-25-23(24-26(34)32-22-9-4-3-8-21(22)31-24)27(35)33(16-30-25)15-17-10-12-19(29)13-11-17/h3-14,16H,2,15H2,1H3. The van der Waals surface area contributed by atoms with Gasteiger partial charge in [-0.05, 0) is 55.0 Å². The summed E-state index contributed by atoms with van der Waals surface area (Å²) in [6, 6.07) is 21.8. The first-order valence-corrected chi connectivity index (χ1v) is 12.1. The average Bonchev–Trinajstić information content (AvgIpc) is 3.24. The van der Waals surface area contributed by atoms with Crippen molar-refractivity contribution < 1.29 is 9.53 Å². The number of ether oxygens (including phenoxy) is 1. The molecule has 0 saturated carbocycles. The van der Waals surface area contributed by atoms with Crippen LogP contribution in [0.25, 0.3) is 38.9 Å². The first kappa shape index (κ1) is 22.9. The number of rotatable bonds is 5. The number of nitrogens with zero attached hydrogens (tertiary/aromatic N) is 5. The lowest BCUT2D eigenvalue weighted by Gasteiger charge is -2.09. The average molecular weight is 510 g/mol. The zero-order chi connectivity index (χ0) is 25.5. The molecule has 3 aromatic carbocycles. The Morgan fingerprint density at radius 3 is 2.46 bits per heavy atom. The fraction of sp³-hybridized carbons (Fsp3) is 0.107. The van der Waals surface area contributed by atoms with Crippen LogP contribution in [-0.2, 0) is 11.3 Å². The van der Waals surface area contributed by atoms with Crippen molar-refractivity contribution >= 4 is 50.8 Å². The summed E-state index contributed by atoms with van der Waals surface area (Å²) in [5.74, 6) is -0.431. The van der Waals surface area contributed by atoms with Crippen LogP contribution in [0.1, 0.15) is 22.8 Å². The van der Waals surface area contributed by atoms with Crippen molar-refractivity contribution in [2.75, 3.05) is 6.61 Å². The molecule has 0 aliphatic rings. The number of halogens is 1. The van der Waals surface area contributed by atoms with Crippen LogP contribution < -0.4 is 5.56 Å². The molecule has 0 N–H and O–H groups in total. The monoisotopic (exact) mass is 509 g/mol. The second kappa shape index (κ2) is 9.15. The Kier molecular flexibility index (Phi) is 5.65. The van der Waals surface area contributed by atoms with Gasteiger partial charge in [0.05, 0.1) is 35.4 Å². The Bertz CT molecular complexity index is 1880. The number of hydrogen-bond donors (Lipinski definition) is 0. The Morgan fingerprint density at radius 2 is 1.70 bits per heavy atom. The van der Waals surface area contributed by atoms with E-state index in [1.165, 1.54) is 6.33 Å². The third kappa shape index (κ3) is 4.01. The highest BCUT2D eigenvalue weighted by molar-refractivity contribution is 6.30. The van der Waals surface area contributed by atoms with E-state index in [2.05, 4.69) is 4.98 Å². The number of fused-ring (bicyclic) bond motifs is 4. The summed E-state index contributed by atoms with van der Waals surface area (Å²) in [5.41, 5.74) is 4.36. The topological polar surface area (TPSA) is 91.9 Å². The highest BCUT2D eigenvalue weighted by atomic mass is 35.5. The van der Waals surface area contributed by atoms with Crippen LogP contribution in [0.3, 0.4) is 0 Å². The minimum atomic E-state index is -0.431. The molecule has 0 radical (unpaired) electrons. The minimum absolute atomic E-state index is 0.241. The quantitative estimate of drug-likeness (QED) is 0.298. The van der Waals surface area contributed by atoms with Crippen molar-refractivity contribution in [3.05, 3.63) is 106 Å². The Balaban J connectivity index is 1.63. The van der Waals surface area contributed by atoms with Gasteiger partial charge in [-0.25, -0.2) is 19.7 Å². The van der Waals surface area contributed by atoms with E-state index in [4.69, 9.17) is 26.3 Å². The minimum Gasteiger partial charge on any atom is -0.462 e. The molecule has 0 aliphatic carbocycles. The van der Waals surface area contributed by atoms with Gasteiger partial charge in [-0.2, -0.15) is 0 Å². The molecule has 0 spiro atoms. The molecule has 0 unspecified atom stereocenters. The Morgan fingerprint density at radius 1 is 0.946 bits per heavy atom. The van der Waals surface area contributed by atoms with Crippen LogP contribution in [0.4, 0.5) is 0 Å². The van der Waals surface area contributed by atoms with Crippen molar-refractivity contribution in [3.63, 3.8) is 0 Å². The number of esters is 1. The molecule has 3 heterocycles. The molecule has 6 aromatic rings. The maximum Gasteiger partial charge on any atom is 0.338 e. The van der Waals surface area contributed by atoms with Gasteiger partial charge in [0.1, 0.15) is 17.2 Å². The SMILES string of the molecule is CCOC(=O)c1cccc(-n2c3nc4ccccc4nc3c3c(=O)n(Cc4ccc(Cl)cc4)cnc32)c1. The second-order valence-electron chi connectivity index (χ2n) is 8.49. The van der Waals surface area contributed by atoms with E-state index in [1.54, 1.807) is 46.4 Å². The Hall–Kier alpha value is -4.56. The summed E-state index contributed by atoms with van der Waals surface area (Å²) >= 11 is 6.02. The predicted molar refractivity (Wildman–Crippen MR) is 142 cm³/mol. The smallest absolute Gasteiger partial charge is 0.338 e. The van der Waals surface area contributed by atoms with Gasteiger partial charge in [0.15, 0.2) is 11.3 Å². The summed E-state index contributed by atoms with van der Waals surface area (Å²) in [6.45, 7) is 2.35. The zero-order valence-corrected chi connectivity index (χ0v) is 20.5. The Labute approximate surface area is 215 Å². The first-order valence-electron chi connectivity index (χ1n) is 11.7. The molecule has 0 atom stereocenters. The molecular weight excluding hydrogens is 490 g/mol. The first-order chi connectivity index (χ1) is 18.0. The third-order valence-corrected chi connectivity index (χ3v) is 6.36. The van der Waals surface area contributed by atoms with Crippen molar-refractivity contribution in [2.24, 2.45) is 0 Å². The number of carbonyl (C=O) groups is 1. The van der Waals surface area contributed by atoms with Gasteiger partial charge in [-0.15, -0.1) is 0 Å². The molecule has 0 amide bonds. The lowest BCUT2D eigenvalue weighted by Crippen LogP contribution is -2.21. The zero-order valence-electron chi connectivity index (χ0n) is 19.8. The molecule has 0 saturated heterocycles. The highest BCUT2D eigenvalue weighted by Gasteiger charge is 2.21. The van der Waals surface area contributed by atoms with Gasteiger partial charge in [-0.1, -0.05) is 41.9 Å². The predicted octanol–water partition coefficient (Wildman–Crippen LogP) is 5.16. The molecule has 6 rings (SSSR count).